The zero-order valence-corrected chi connectivity index (χ0v) is 12.5. The Morgan fingerprint density at radius 3 is 2.70 bits per heavy atom. The number of aromatic nitrogens is 3. The summed E-state index contributed by atoms with van der Waals surface area (Å²) < 4.78 is 0. The van der Waals surface area contributed by atoms with E-state index in [2.05, 4.69) is 15.0 Å². The molecule has 104 valence electrons. The van der Waals surface area contributed by atoms with Crippen LogP contribution in [0.2, 0.25) is 5.15 Å². The number of carboxylic acid groups (broad SMARTS) is 1. The lowest BCUT2D eigenvalue weighted by Crippen LogP contribution is -2.08. The minimum absolute atomic E-state index is 0.155. The minimum atomic E-state index is -1.01. The van der Waals surface area contributed by atoms with E-state index in [1.807, 2.05) is 6.07 Å². The van der Waals surface area contributed by atoms with Crippen LogP contribution in [0.4, 0.5) is 0 Å². The fourth-order valence-corrected chi connectivity index (χ4v) is 2.84. The largest absolute Gasteiger partial charge is 0.478 e. The molecule has 0 radical (unpaired) electrons. The Labute approximate surface area is 125 Å². The molecule has 0 atom stereocenters. The summed E-state index contributed by atoms with van der Waals surface area (Å²) in [7, 11) is 0. The summed E-state index contributed by atoms with van der Waals surface area (Å²) in [4.78, 5) is 23.6. The van der Waals surface area contributed by atoms with Crippen LogP contribution in [-0.4, -0.2) is 26.0 Å². The highest BCUT2D eigenvalue weighted by Crippen LogP contribution is 2.26. The quantitative estimate of drug-likeness (QED) is 0.531. The first-order chi connectivity index (χ1) is 9.47. The van der Waals surface area contributed by atoms with Crippen LogP contribution in [0.25, 0.3) is 0 Å². The van der Waals surface area contributed by atoms with Crippen molar-refractivity contribution in [1.82, 2.24) is 15.0 Å². The van der Waals surface area contributed by atoms with Gasteiger partial charge >= 0.3 is 5.97 Å². The summed E-state index contributed by atoms with van der Waals surface area (Å²) in [5, 5.41) is 10.1. The van der Waals surface area contributed by atoms with Gasteiger partial charge < -0.3 is 5.11 Å². The Bertz CT molecular complexity index is 647. The highest BCUT2D eigenvalue weighted by Gasteiger charge is 2.17. The molecule has 0 spiro atoms. The number of hydrogen-bond donors (Lipinski definition) is 1. The summed E-state index contributed by atoms with van der Waals surface area (Å²) in [6.07, 6.45) is 1.66. The van der Waals surface area contributed by atoms with Crippen molar-refractivity contribution in [2.45, 2.75) is 24.6 Å². The number of halogens is 1. The number of thioether (sulfide) groups is 1. The van der Waals surface area contributed by atoms with Gasteiger partial charge in [-0.1, -0.05) is 17.7 Å². The third kappa shape index (κ3) is 3.46. The molecule has 2 aromatic heterocycles. The van der Waals surface area contributed by atoms with Gasteiger partial charge in [0.15, 0.2) is 0 Å². The van der Waals surface area contributed by atoms with Crippen molar-refractivity contribution in [2.24, 2.45) is 0 Å². The first-order valence-electron chi connectivity index (χ1n) is 5.79. The second-order valence-electron chi connectivity index (χ2n) is 4.12. The third-order valence-electron chi connectivity index (χ3n) is 2.55. The van der Waals surface area contributed by atoms with Crippen LogP contribution in [0.3, 0.4) is 0 Å². The zero-order chi connectivity index (χ0) is 14.7. The lowest BCUT2D eigenvalue weighted by molar-refractivity contribution is 0.0690. The van der Waals surface area contributed by atoms with Crippen molar-refractivity contribution >= 4 is 29.3 Å². The molecule has 2 aromatic rings. The molecule has 0 saturated carbocycles. The molecule has 2 rings (SSSR count). The van der Waals surface area contributed by atoms with Crippen molar-refractivity contribution in [3.05, 3.63) is 46.1 Å². The van der Waals surface area contributed by atoms with Crippen LogP contribution in [-0.2, 0) is 5.75 Å². The number of hydrogen-bond acceptors (Lipinski definition) is 5. The van der Waals surface area contributed by atoms with E-state index in [0.29, 0.717) is 27.5 Å². The average Bonchev–Trinajstić information content (AvgIpc) is 2.36. The SMILES string of the molecule is Cc1nc(C)c(C(=O)O)c(SCc2ccc(Cl)nc2)n1. The van der Waals surface area contributed by atoms with Gasteiger partial charge in [0.2, 0.25) is 0 Å². The van der Waals surface area contributed by atoms with Gasteiger partial charge in [0.05, 0.1) is 5.69 Å². The molecule has 20 heavy (non-hydrogen) atoms. The van der Waals surface area contributed by atoms with Crippen LogP contribution in [0.15, 0.2) is 23.4 Å². The normalized spacial score (nSPS) is 10.6. The maximum absolute atomic E-state index is 11.3. The lowest BCUT2D eigenvalue weighted by atomic mass is 10.2. The Morgan fingerprint density at radius 2 is 2.10 bits per heavy atom. The monoisotopic (exact) mass is 309 g/mol. The van der Waals surface area contributed by atoms with Crippen molar-refractivity contribution in [3.8, 4) is 0 Å². The van der Waals surface area contributed by atoms with Gasteiger partial charge in [-0.25, -0.2) is 19.7 Å². The summed E-state index contributed by atoms with van der Waals surface area (Å²) in [5.74, 6) is 0.115. The lowest BCUT2D eigenvalue weighted by Gasteiger charge is -2.08. The molecule has 1 N–H and O–H groups in total. The van der Waals surface area contributed by atoms with E-state index in [9.17, 15) is 9.90 Å². The fraction of sp³-hybridized carbons (Fsp3) is 0.231. The van der Waals surface area contributed by atoms with Crippen LogP contribution >= 0.6 is 23.4 Å². The molecular weight excluding hydrogens is 298 g/mol. The average molecular weight is 310 g/mol. The number of aromatic carboxylic acids is 1. The number of nitrogens with zero attached hydrogens (tertiary/aromatic N) is 3. The topological polar surface area (TPSA) is 76.0 Å². The molecule has 0 aliphatic rings. The van der Waals surface area contributed by atoms with Crippen molar-refractivity contribution in [1.29, 1.82) is 0 Å². The smallest absolute Gasteiger partial charge is 0.340 e. The molecular formula is C13H12ClN3O2S. The van der Waals surface area contributed by atoms with Crippen LogP contribution < -0.4 is 0 Å². The zero-order valence-electron chi connectivity index (χ0n) is 10.9. The van der Waals surface area contributed by atoms with Gasteiger partial charge in [-0.2, -0.15) is 0 Å². The Balaban J connectivity index is 2.24. The molecule has 5 nitrogen and oxygen atoms in total. The van der Waals surface area contributed by atoms with Gasteiger partial charge in [-0.3, -0.25) is 0 Å². The van der Waals surface area contributed by atoms with E-state index in [-0.39, 0.29) is 5.56 Å². The first-order valence-corrected chi connectivity index (χ1v) is 7.15. The molecule has 7 heteroatoms. The predicted molar refractivity (Wildman–Crippen MR) is 77.3 cm³/mol. The minimum Gasteiger partial charge on any atom is -0.478 e. The van der Waals surface area contributed by atoms with Gasteiger partial charge in [0.1, 0.15) is 21.6 Å². The van der Waals surface area contributed by atoms with Gasteiger partial charge in [0, 0.05) is 11.9 Å². The maximum atomic E-state index is 11.3. The standard InChI is InChI=1S/C13H12ClN3O2S/c1-7-11(13(18)19)12(17-8(2)16-7)20-6-9-3-4-10(14)15-5-9/h3-5H,6H2,1-2H3,(H,18,19). The van der Waals surface area contributed by atoms with E-state index in [1.165, 1.54) is 11.8 Å². The van der Waals surface area contributed by atoms with Crippen LogP contribution in [0.1, 0.15) is 27.4 Å². The van der Waals surface area contributed by atoms with Gasteiger partial charge in [0.25, 0.3) is 0 Å². The molecule has 0 aliphatic heterocycles. The highest BCUT2D eigenvalue weighted by molar-refractivity contribution is 7.98. The summed E-state index contributed by atoms with van der Waals surface area (Å²) in [6, 6.07) is 3.55. The van der Waals surface area contributed by atoms with E-state index in [1.54, 1.807) is 26.1 Å². The second kappa shape index (κ2) is 6.19. The van der Waals surface area contributed by atoms with E-state index in [4.69, 9.17) is 11.6 Å². The molecule has 0 amide bonds. The number of carbonyl (C=O) groups is 1. The van der Waals surface area contributed by atoms with E-state index < -0.39 is 5.97 Å². The molecule has 0 aromatic carbocycles. The molecule has 0 saturated heterocycles. The maximum Gasteiger partial charge on any atom is 0.340 e. The summed E-state index contributed by atoms with van der Waals surface area (Å²) >= 11 is 7.07. The van der Waals surface area contributed by atoms with Crippen LogP contribution in [0.5, 0.6) is 0 Å². The highest BCUT2D eigenvalue weighted by atomic mass is 35.5. The second-order valence-corrected chi connectivity index (χ2v) is 5.47. The molecule has 0 fully saturated rings. The Morgan fingerprint density at radius 1 is 1.35 bits per heavy atom. The molecule has 0 bridgehead atoms. The molecule has 0 unspecified atom stereocenters. The van der Waals surface area contributed by atoms with Crippen molar-refractivity contribution in [2.75, 3.05) is 0 Å². The van der Waals surface area contributed by atoms with Crippen molar-refractivity contribution in [3.63, 3.8) is 0 Å². The summed E-state index contributed by atoms with van der Waals surface area (Å²) in [5.41, 5.74) is 1.58. The van der Waals surface area contributed by atoms with Gasteiger partial charge in [-0.05, 0) is 25.5 Å². The number of aryl methyl sites for hydroxylation is 2. The number of carboxylic acids is 1. The van der Waals surface area contributed by atoms with Gasteiger partial charge in [-0.15, -0.1) is 11.8 Å². The predicted octanol–water partition coefficient (Wildman–Crippen LogP) is 3.13. The number of pyridine rings is 1. The molecule has 0 aliphatic carbocycles. The summed E-state index contributed by atoms with van der Waals surface area (Å²) in [6.45, 7) is 3.42. The number of rotatable bonds is 4. The fourth-order valence-electron chi connectivity index (χ4n) is 1.68. The van der Waals surface area contributed by atoms with Crippen LogP contribution in [0, 0.1) is 13.8 Å². The Kier molecular flexibility index (Phi) is 4.57. The van der Waals surface area contributed by atoms with E-state index >= 15 is 0 Å². The first kappa shape index (κ1) is 14.7. The van der Waals surface area contributed by atoms with E-state index in [0.717, 1.165) is 5.56 Å². The van der Waals surface area contributed by atoms with Crippen molar-refractivity contribution < 1.29 is 9.90 Å². The Hall–Kier alpha value is -1.66. The molecule has 2 heterocycles. The third-order valence-corrected chi connectivity index (χ3v) is 3.82.